The fraction of sp³-hybridized carbons (Fsp3) is 0.368. The van der Waals surface area contributed by atoms with Gasteiger partial charge in [-0.05, 0) is 134 Å². The first kappa shape index (κ1) is 62.6. The number of fused-ring (bicyclic) bond motifs is 3. The average molecular weight is 1280 g/mol. The van der Waals surface area contributed by atoms with E-state index in [1.807, 2.05) is 63.3 Å². The number of hydrogen-bond acceptors (Lipinski definition) is 23. The fourth-order valence-electron chi connectivity index (χ4n) is 9.94. The van der Waals surface area contributed by atoms with Gasteiger partial charge in [0.25, 0.3) is 0 Å². The topological polar surface area (TPSA) is 267 Å². The molecule has 3 fully saturated rings. The number of aromatic nitrogens is 10. The van der Waals surface area contributed by atoms with Crippen LogP contribution in [-0.4, -0.2) is 150 Å². The molecule has 8 aromatic heterocycles. The number of nitrogens with zero attached hydrogens (tertiary/aromatic N) is 12. The molecule has 22 nitrogen and oxygen atoms in total. The van der Waals surface area contributed by atoms with Crippen molar-refractivity contribution in [1.29, 1.82) is 0 Å². The maximum atomic E-state index is 9.79. The zero-order chi connectivity index (χ0) is 60.1. The number of halogens is 3. The van der Waals surface area contributed by atoms with Crippen molar-refractivity contribution in [3.05, 3.63) is 111 Å². The zero-order valence-corrected chi connectivity index (χ0v) is 52.3. The Morgan fingerprint density at radius 3 is 1.71 bits per heavy atom. The highest BCUT2D eigenvalue weighted by molar-refractivity contribution is 7.18. The molecule has 450 valence electrons. The standard InChI is InChI=1S/C23H26N6O2S.C12H15N3O3.C11H12ClN3OS.C6H2Cl2N2S.C5H11NO/c1-14-9-17(10-19(31-3)15(14)2)28-11-20(24-13-28)26-23-25-18-6-8-32-21(18)22(27-23)29-7-4-5-16(29)12-30;1-16-9-4-8(15-6-11(13)14-7-15)5-10(17-2)12(9)18-3;12-11-13-8-3-5-17-9(8)10(14-11)15-4-1-2-7(15)6-16;7-5-4-3(1-2-11-4)9-6(8)10-5;7-4-5-2-1-3-6-5/h6,8-11,13,16,30H,4-5,7,12H2,1-3H3,(H,25,26,27);4-7H,13H2,1-3H3;3,5,7,16H,1-2,4,6H2;1-2H;5-7H,1-4H2/t16-;;7-;;5-/m1.1.1/s1. The van der Waals surface area contributed by atoms with Gasteiger partial charge in [0.1, 0.15) is 24.2 Å². The van der Waals surface area contributed by atoms with E-state index in [9.17, 15) is 10.2 Å². The zero-order valence-electron chi connectivity index (χ0n) is 47.6. The van der Waals surface area contributed by atoms with Crippen LogP contribution >= 0.6 is 68.8 Å². The number of thiophene rings is 3. The Labute approximate surface area is 518 Å². The molecular formula is C57H66Cl3N15O7S3. The average Bonchev–Trinajstić information content (AvgIpc) is 4.32. The minimum atomic E-state index is 0.0991. The molecule has 0 saturated carbocycles. The molecule has 0 radical (unpaired) electrons. The molecule has 3 aliphatic heterocycles. The van der Waals surface area contributed by atoms with Crippen LogP contribution in [0.5, 0.6) is 23.0 Å². The first-order valence-electron chi connectivity index (χ1n) is 27.1. The Bertz CT molecular complexity index is 3790. The Balaban J connectivity index is 0.000000139. The van der Waals surface area contributed by atoms with Gasteiger partial charge in [-0.15, -0.1) is 34.0 Å². The number of anilines is 5. The van der Waals surface area contributed by atoms with Crippen LogP contribution in [0.15, 0.2) is 83.7 Å². The van der Waals surface area contributed by atoms with E-state index in [2.05, 4.69) is 75.2 Å². The van der Waals surface area contributed by atoms with E-state index in [1.54, 1.807) is 74.5 Å². The van der Waals surface area contributed by atoms with Gasteiger partial charge >= 0.3 is 0 Å². The van der Waals surface area contributed by atoms with E-state index in [-0.39, 0.29) is 35.9 Å². The van der Waals surface area contributed by atoms with Crippen LogP contribution in [0.3, 0.4) is 0 Å². The van der Waals surface area contributed by atoms with E-state index in [1.165, 1.54) is 17.8 Å². The molecule has 3 aliphatic rings. The van der Waals surface area contributed by atoms with Crippen molar-refractivity contribution in [2.75, 3.05) is 88.7 Å². The number of aryl methyl sites for hydroxylation is 1. The Hall–Kier alpha value is -6.91. The third kappa shape index (κ3) is 15.0. The van der Waals surface area contributed by atoms with Crippen LogP contribution in [0.2, 0.25) is 15.7 Å². The number of methoxy groups -OCH3 is 4. The SMILES string of the molecule is COc1cc(-n2cnc(N)c2)cc(OC)c1OC.COc1cc(-n2cnc(Nc3nc(N4CCC[C@@H]4CO)c4sccc4n3)c2)cc(C)c1C.Clc1nc(Cl)c2sccc2n1.OC[C@H]1CCCN1.OC[C@H]1CCCN1c1nc(Cl)nc2ccsc12. The van der Waals surface area contributed by atoms with Crippen LogP contribution < -0.4 is 45.1 Å². The summed E-state index contributed by atoms with van der Waals surface area (Å²) in [7, 11) is 6.39. The van der Waals surface area contributed by atoms with Gasteiger partial charge in [0.2, 0.25) is 22.3 Å². The molecule has 0 amide bonds. The van der Waals surface area contributed by atoms with E-state index >= 15 is 0 Å². The minimum absolute atomic E-state index is 0.0991. The second kappa shape index (κ2) is 29.5. The lowest BCUT2D eigenvalue weighted by Crippen LogP contribution is -2.33. The van der Waals surface area contributed by atoms with Crippen molar-refractivity contribution < 1.29 is 34.3 Å². The van der Waals surface area contributed by atoms with Gasteiger partial charge in [0.15, 0.2) is 34.1 Å². The van der Waals surface area contributed by atoms with E-state index < -0.39 is 0 Å². The molecule has 3 atom stereocenters. The quantitative estimate of drug-likeness (QED) is 0.0463. The molecule has 0 aliphatic carbocycles. The van der Waals surface area contributed by atoms with Crippen molar-refractivity contribution in [3.63, 3.8) is 0 Å². The van der Waals surface area contributed by atoms with Crippen molar-refractivity contribution >= 4 is 129 Å². The van der Waals surface area contributed by atoms with E-state index in [0.29, 0.717) is 52.6 Å². The van der Waals surface area contributed by atoms with Crippen molar-refractivity contribution in [3.8, 4) is 34.4 Å². The van der Waals surface area contributed by atoms with Crippen LogP contribution in [-0.2, 0) is 0 Å². The van der Waals surface area contributed by atoms with Crippen molar-refractivity contribution in [1.82, 2.24) is 54.3 Å². The smallest absolute Gasteiger partial charge is 0.231 e. The Morgan fingerprint density at radius 2 is 1.16 bits per heavy atom. The van der Waals surface area contributed by atoms with Gasteiger partial charge in [-0.3, -0.25) is 0 Å². The van der Waals surface area contributed by atoms with Gasteiger partial charge in [0, 0.05) is 37.3 Å². The molecular weight excluding hydrogens is 1210 g/mol. The number of ether oxygens (including phenoxy) is 4. The summed E-state index contributed by atoms with van der Waals surface area (Å²) in [5, 5.41) is 40.9. The molecule has 10 aromatic rings. The number of aliphatic hydroxyl groups is 3. The molecule has 28 heteroatoms. The lowest BCUT2D eigenvalue weighted by Gasteiger charge is -2.24. The first-order chi connectivity index (χ1) is 41.3. The number of rotatable bonds is 13. The molecule has 3 saturated heterocycles. The lowest BCUT2D eigenvalue weighted by atomic mass is 10.1. The van der Waals surface area contributed by atoms with Gasteiger partial charge in [-0.1, -0.05) is 11.6 Å². The van der Waals surface area contributed by atoms with Crippen LogP contribution in [0.25, 0.3) is 42.0 Å². The summed E-state index contributed by atoms with van der Waals surface area (Å²) in [4.78, 5) is 38.6. The minimum Gasteiger partial charge on any atom is -0.496 e. The predicted octanol–water partition coefficient (Wildman–Crippen LogP) is 10.7. The third-order valence-electron chi connectivity index (χ3n) is 14.4. The summed E-state index contributed by atoms with van der Waals surface area (Å²) in [5.41, 5.74) is 12.3. The third-order valence-corrected chi connectivity index (χ3v) is 17.8. The maximum Gasteiger partial charge on any atom is 0.231 e. The van der Waals surface area contributed by atoms with Gasteiger partial charge in [0.05, 0.1) is 115 Å². The molecule has 2 aromatic carbocycles. The van der Waals surface area contributed by atoms with Crippen LogP contribution in [0.1, 0.15) is 49.7 Å². The number of hydrogen-bond donors (Lipinski definition) is 6. The normalized spacial score (nSPS) is 16.3. The molecule has 85 heavy (non-hydrogen) atoms. The monoisotopic (exact) mass is 1270 g/mol. The summed E-state index contributed by atoms with van der Waals surface area (Å²) in [6.07, 6.45) is 13.5. The van der Waals surface area contributed by atoms with Crippen molar-refractivity contribution in [2.24, 2.45) is 0 Å². The highest BCUT2D eigenvalue weighted by Gasteiger charge is 2.29. The number of aliphatic hydroxyl groups excluding tert-OH is 3. The first-order valence-corrected chi connectivity index (χ1v) is 30.9. The molecule has 7 N–H and O–H groups in total. The summed E-state index contributed by atoms with van der Waals surface area (Å²) in [6.45, 7) is 7.61. The number of nitrogens with one attached hydrogen (secondary N) is 2. The number of nitrogen functional groups attached to an aromatic ring is 1. The van der Waals surface area contributed by atoms with Crippen LogP contribution in [0, 0.1) is 13.8 Å². The molecule has 11 heterocycles. The summed E-state index contributed by atoms with van der Waals surface area (Å²) in [5.74, 6) is 5.91. The van der Waals surface area contributed by atoms with Gasteiger partial charge in [-0.25, -0.2) is 29.9 Å². The Kier molecular flexibility index (Phi) is 21.7. The highest BCUT2D eigenvalue weighted by atomic mass is 35.5. The van der Waals surface area contributed by atoms with Gasteiger partial charge in [-0.2, -0.15) is 9.97 Å². The van der Waals surface area contributed by atoms with Crippen LogP contribution in [0.4, 0.5) is 29.2 Å². The second-order valence-corrected chi connectivity index (χ2v) is 23.4. The molecule has 0 unspecified atom stereocenters. The molecule has 13 rings (SSSR count). The molecule has 0 spiro atoms. The highest BCUT2D eigenvalue weighted by Crippen LogP contribution is 2.40. The predicted molar refractivity (Wildman–Crippen MR) is 341 cm³/mol. The fourth-order valence-corrected chi connectivity index (χ4v) is 13.0. The van der Waals surface area contributed by atoms with E-state index in [0.717, 1.165) is 122 Å². The maximum absolute atomic E-state index is 9.79. The number of benzene rings is 2. The number of nitrogens with two attached hydrogens (primary N) is 1. The Morgan fingerprint density at radius 1 is 0.624 bits per heavy atom. The summed E-state index contributed by atoms with van der Waals surface area (Å²) in [6, 6.07) is 14.2. The largest absolute Gasteiger partial charge is 0.496 e. The lowest BCUT2D eigenvalue weighted by molar-refractivity contribution is 0.255. The summed E-state index contributed by atoms with van der Waals surface area (Å²) >= 11 is 22.1. The molecule has 0 bridgehead atoms. The van der Waals surface area contributed by atoms with Crippen molar-refractivity contribution in [2.45, 2.75) is 70.5 Å². The van der Waals surface area contributed by atoms with Gasteiger partial charge < -0.3 is 69.6 Å². The second-order valence-electron chi connectivity index (χ2n) is 19.7. The van der Waals surface area contributed by atoms with E-state index in [4.69, 9.17) is 69.6 Å². The number of imidazole rings is 2. The summed E-state index contributed by atoms with van der Waals surface area (Å²) < 4.78 is 28.0.